The molecule has 1 saturated carbocycles. The number of amides is 3. The van der Waals surface area contributed by atoms with E-state index >= 15 is 0 Å². The van der Waals surface area contributed by atoms with Crippen LogP contribution in [0.2, 0.25) is 0 Å². The van der Waals surface area contributed by atoms with Crippen molar-refractivity contribution in [3.8, 4) is 6.07 Å². The third-order valence-electron chi connectivity index (χ3n) is 7.84. The fourth-order valence-electron chi connectivity index (χ4n) is 5.73. The highest BCUT2D eigenvalue weighted by atomic mass is 19.4. The molecule has 3 heterocycles. The number of halogens is 3. The van der Waals surface area contributed by atoms with Gasteiger partial charge in [-0.15, -0.1) is 0 Å². The summed E-state index contributed by atoms with van der Waals surface area (Å²) in [7, 11) is 1.99. The standard InChI is InChI=1S/C24H26F3N7O2/c1-33-9-6-16(7-10-33)30-21(36)32-31-20(35)22-12-23(22,24(25,26)27)14-34(13-22)18-5-4-15(11-28)19-17(18)3-2-8-29-19/h2-5,8,16H,6-7,9-10,12-14H2,1H3,(H,31,35)(H2,30,32,36)/t22-,23-/m0/s1. The van der Waals surface area contributed by atoms with Gasteiger partial charge in [0.05, 0.1) is 16.5 Å². The van der Waals surface area contributed by atoms with Gasteiger partial charge in [-0.25, -0.2) is 10.2 Å². The number of hydrogen-bond acceptors (Lipinski definition) is 6. The van der Waals surface area contributed by atoms with E-state index < -0.39 is 35.5 Å². The number of nitriles is 1. The van der Waals surface area contributed by atoms with E-state index in [0.29, 0.717) is 22.2 Å². The van der Waals surface area contributed by atoms with Crippen LogP contribution in [-0.4, -0.2) is 67.3 Å². The monoisotopic (exact) mass is 501 g/mol. The molecule has 2 aromatic rings. The Morgan fingerprint density at radius 2 is 1.92 bits per heavy atom. The van der Waals surface area contributed by atoms with Crippen molar-refractivity contribution in [3.63, 3.8) is 0 Å². The zero-order chi connectivity index (χ0) is 25.7. The highest BCUT2D eigenvalue weighted by Crippen LogP contribution is 2.75. The van der Waals surface area contributed by atoms with Crippen LogP contribution < -0.4 is 21.1 Å². The largest absolute Gasteiger partial charge is 0.397 e. The molecule has 0 radical (unpaired) electrons. The Kier molecular flexibility index (Phi) is 5.70. The second-order valence-corrected chi connectivity index (χ2v) is 9.97. The lowest BCUT2D eigenvalue weighted by Gasteiger charge is -2.29. The lowest BCUT2D eigenvalue weighted by molar-refractivity contribution is -0.191. The Morgan fingerprint density at radius 3 is 2.61 bits per heavy atom. The number of aromatic nitrogens is 1. The van der Waals surface area contributed by atoms with Crippen LogP contribution in [0, 0.1) is 22.2 Å². The molecule has 2 aliphatic heterocycles. The maximum atomic E-state index is 14.3. The summed E-state index contributed by atoms with van der Waals surface area (Å²) in [5.41, 5.74) is 1.72. The van der Waals surface area contributed by atoms with Crippen LogP contribution in [0.25, 0.3) is 10.9 Å². The molecule has 3 aliphatic rings. The van der Waals surface area contributed by atoms with Crippen LogP contribution in [0.4, 0.5) is 23.7 Å². The summed E-state index contributed by atoms with van der Waals surface area (Å²) in [4.78, 5) is 33.3. The number of carbonyl (C=O) groups excluding carboxylic acids is 2. The van der Waals surface area contributed by atoms with E-state index in [9.17, 15) is 28.0 Å². The van der Waals surface area contributed by atoms with E-state index in [4.69, 9.17) is 0 Å². The number of rotatable bonds is 3. The Morgan fingerprint density at radius 1 is 1.17 bits per heavy atom. The molecule has 1 aliphatic carbocycles. The molecular weight excluding hydrogens is 475 g/mol. The molecule has 12 heteroatoms. The first-order valence-electron chi connectivity index (χ1n) is 11.8. The molecule has 0 bridgehead atoms. The number of piperidine rings is 2. The first kappa shape index (κ1) is 24.1. The molecular formula is C24H26F3N7O2. The molecule has 0 unspecified atom stereocenters. The third-order valence-corrected chi connectivity index (χ3v) is 7.84. The number of nitrogens with zero attached hydrogens (tertiary/aromatic N) is 4. The maximum absolute atomic E-state index is 14.3. The minimum Gasteiger partial charge on any atom is -0.369 e. The molecule has 2 atom stereocenters. The van der Waals surface area contributed by atoms with Crippen molar-refractivity contribution in [2.75, 3.05) is 38.1 Å². The second-order valence-electron chi connectivity index (χ2n) is 9.97. The normalized spacial score (nSPS) is 26.2. The zero-order valence-electron chi connectivity index (χ0n) is 19.7. The van der Waals surface area contributed by atoms with Crippen molar-refractivity contribution in [2.24, 2.45) is 10.8 Å². The first-order valence-corrected chi connectivity index (χ1v) is 11.8. The van der Waals surface area contributed by atoms with E-state index in [0.717, 1.165) is 25.9 Å². The van der Waals surface area contributed by atoms with Gasteiger partial charge < -0.3 is 15.1 Å². The number of anilines is 1. The molecule has 3 amide bonds. The molecule has 3 N–H and O–H groups in total. The molecule has 1 aromatic heterocycles. The third kappa shape index (κ3) is 3.78. The van der Waals surface area contributed by atoms with Gasteiger partial charge in [-0.05, 0) is 63.7 Å². The predicted molar refractivity (Wildman–Crippen MR) is 125 cm³/mol. The number of pyridine rings is 1. The lowest BCUT2D eigenvalue weighted by Crippen LogP contribution is -2.54. The summed E-state index contributed by atoms with van der Waals surface area (Å²) in [6.07, 6.45) is -1.95. The fraction of sp³-hybridized carbons (Fsp3) is 0.500. The van der Waals surface area contributed by atoms with Gasteiger partial charge in [-0.2, -0.15) is 18.4 Å². The topological polar surface area (TPSA) is 113 Å². The van der Waals surface area contributed by atoms with Gasteiger partial charge in [0, 0.05) is 36.4 Å². The average Bonchev–Trinajstić information content (AvgIpc) is 3.40. The smallest absolute Gasteiger partial charge is 0.369 e. The SMILES string of the molecule is CN1CCC(NC(=O)NNC(=O)[C@]23CN(c4ccc(C#N)c5ncccc45)C[C@@]2(C(F)(F)F)C3)CC1. The van der Waals surface area contributed by atoms with Crippen LogP contribution in [0.15, 0.2) is 30.5 Å². The Bertz CT molecular complexity index is 1250. The van der Waals surface area contributed by atoms with Gasteiger partial charge in [-0.3, -0.25) is 15.2 Å². The number of likely N-dealkylation sites (tertiary alicyclic amines) is 1. The summed E-state index contributed by atoms with van der Waals surface area (Å²) in [5.74, 6) is -0.864. The summed E-state index contributed by atoms with van der Waals surface area (Å²) >= 11 is 0. The number of hydrogen-bond donors (Lipinski definition) is 3. The van der Waals surface area contributed by atoms with E-state index in [1.165, 1.54) is 17.2 Å². The van der Waals surface area contributed by atoms with Crippen molar-refractivity contribution < 1.29 is 22.8 Å². The predicted octanol–water partition coefficient (Wildman–Crippen LogP) is 2.29. The number of fused-ring (bicyclic) bond motifs is 2. The highest BCUT2D eigenvalue weighted by molar-refractivity contribution is 5.97. The molecule has 1 aromatic carbocycles. The van der Waals surface area contributed by atoms with E-state index in [2.05, 4.69) is 26.1 Å². The van der Waals surface area contributed by atoms with E-state index in [-0.39, 0.29) is 19.0 Å². The number of carbonyl (C=O) groups is 2. The van der Waals surface area contributed by atoms with Gasteiger partial charge >= 0.3 is 12.2 Å². The zero-order valence-corrected chi connectivity index (χ0v) is 19.7. The Balaban J connectivity index is 1.33. The summed E-state index contributed by atoms with van der Waals surface area (Å²) in [6.45, 7) is 1.07. The number of alkyl halides is 3. The van der Waals surface area contributed by atoms with Crippen LogP contribution >= 0.6 is 0 Å². The van der Waals surface area contributed by atoms with Gasteiger partial charge in [0.15, 0.2) is 0 Å². The summed E-state index contributed by atoms with van der Waals surface area (Å²) in [6, 6.07) is 7.81. The molecule has 36 heavy (non-hydrogen) atoms. The lowest BCUT2D eigenvalue weighted by atomic mass is 9.95. The number of benzene rings is 1. The quantitative estimate of drug-likeness (QED) is 0.557. The Hall–Kier alpha value is -3.59. The minimum atomic E-state index is -4.61. The van der Waals surface area contributed by atoms with E-state index in [1.807, 2.05) is 13.1 Å². The molecule has 3 fully saturated rings. The highest BCUT2D eigenvalue weighted by Gasteiger charge is 2.86. The van der Waals surface area contributed by atoms with Gasteiger partial charge in [0.25, 0.3) is 0 Å². The number of hydrazine groups is 1. The molecule has 9 nitrogen and oxygen atoms in total. The summed E-state index contributed by atoms with van der Waals surface area (Å²) < 4.78 is 42.9. The number of nitrogens with one attached hydrogen (secondary N) is 3. The Labute approximate surface area is 205 Å². The van der Waals surface area contributed by atoms with Gasteiger partial charge in [0.1, 0.15) is 11.5 Å². The van der Waals surface area contributed by atoms with Crippen LogP contribution in [0.1, 0.15) is 24.8 Å². The average molecular weight is 502 g/mol. The van der Waals surface area contributed by atoms with Crippen molar-refractivity contribution in [2.45, 2.75) is 31.5 Å². The molecule has 190 valence electrons. The van der Waals surface area contributed by atoms with Crippen LogP contribution in [0.3, 0.4) is 0 Å². The van der Waals surface area contributed by atoms with Gasteiger partial charge in [-0.1, -0.05) is 0 Å². The van der Waals surface area contributed by atoms with Crippen LogP contribution in [-0.2, 0) is 4.79 Å². The number of urea groups is 1. The van der Waals surface area contributed by atoms with Crippen molar-refractivity contribution in [1.82, 2.24) is 26.1 Å². The fourth-order valence-corrected chi connectivity index (χ4v) is 5.73. The van der Waals surface area contributed by atoms with Crippen molar-refractivity contribution in [3.05, 3.63) is 36.0 Å². The molecule has 2 saturated heterocycles. The van der Waals surface area contributed by atoms with E-state index in [1.54, 1.807) is 18.2 Å². The molecule has 5 rings (SSSR count). The molecule has 0 spiro atoms. The van der Waals surface area contributed by atoms with Crippen molar-refractivity contribution in [1.29, 1.82) is 5.26 Å². The first-order chi connectivity index (χ1) is 17.1. The summed E-state index contributed by atoms with van der Waals surface area (Å²) in [5, 5.41) is 12.7. The van der Waals surface area contributed by atoms with Crippen LogP contribution in [0.5, 0.6) is 0 Å². The van der Waals surface area contributed by atoms with Crippen molar-refractivity contribution >= 4 is 28.5 Å². The maximum Gasteiger partial charge on any atom is 0.397 e. The minimum absolute atomic E-state index is 0.0632. The second kappa shape index (κ2) is 8.51. The van der Waals surface area contributed by atoms with Gasteiger partial charge in [0.2, 0.25) is 5.91 Å².